The zero-order valence-electron chi connectivity index (χ0n) is 21.3. The third-order valence-corrected chi connectivity index (χ3v) is 8.32. The molecule has 38 heavy (non-hydrogen) atoms. The molecule has 0 amide bonds. The highest BCUT2D eigenvalue weighted by atomic mass is 35.5. The van der Waals surface area contributed by atoms with Crippen LogP contribution < -0.4 is 4.74 Å². The Bertz CT molecular complexity index is 1740. The summed E-state index contributed by atoms with van der Waals surface area (Å²) in [5, 5.41) is 13.3. The minimum atomic E-state index is -2.30. The lowest BCUT2D eigenvalue weighted by molar-refractivity contribution is 0.113. The Kier molecular flexibility index (Phi) is 6.73. The molecule has 0 radical (unpaired) electrons. The van der Waals surface area contributed by atoms with Gasteiger partial charge in [-0.05, 0) is 62.9 Å². The second-order valence-electron chi connectivity index (χ2n) is 9.29. The van der Waals surface area contributed by atoms with Crippen molar-refractivity contribution in [1.82, 2.24) is 19.5 Å². The number of methoxy groups -OCH3 is 1. The fourth-order valence-electron chi connectivity index (χ4n) is 4.60. The quantitative estimate of drug-likeness (QED) is 0.300. The number of aryl methyl sites for hydroxylation is 1. The lowest BCUT2D eigenvalue weighted by Crippen LogP contribution is -2.32. The average Bonchev–Trinajstić information content (AvgIpc) is 3.36. The fraction of sp³-hybridized carbons (Fsp3) is 0.172. The largest absolute Gasteiger partial charge is 0.481 e. The van der Waals surface area contributed by atoms with Gasteiger partial charge in [0.15, 0.2) is 5.60 Å². The van der Waals surface area contributed by atoms with E-state index in [1.165, 1.54) is 0 Å². The Morgan fingerprint density at radius 2 is 1.92 bits per heavy atom. The van der Waals surface area contributed by atoms with E-state index < -0.39 is 15.1 Å². The number of pyridine rings is 2. The number of rotatable bonds is 7. The van der Waals surface area contributed by atoms with Crippen molar-refractivity contribution < 1.29 is 14.1 Å². The lowest BCUT2D eigenvalue weighted by Gasteiger charge is -2.29. The van der Waals surface area contributed by atoms with Crippen molar-refractivity contribution in [3.05, 3.63) is 112 Å². The first-order chi connectivity index (χ1) is 18.1. The van der Waals surface area contributed by atoms with E-state index in [0.717, 1.165) is 5.56 Å². The van der Waals surface area contributed by atoms with Crippen LogP contribution in [0.3, 0.4) is 0 Å². The zero-order valence-corrected chi connectivity index (χ0v) is 22.8. The van der Waals surface area contributed by atoms with Gasteiger partial charge in [0.2, 0.25) is 5.88 Å². The number of aliphatic hydroxyl groups is 1. The van der Waals surface area contributed by atoms with Crippen molar-refractivity contribution in [2.75, 3.05) is 13.4 Å². The Labute approximate surface area is 226 Å². The van der Waals surface area contributed by atoms with Crippen molar-refractivity contribution in [2.24, 2.45) is 7.05 Å². The summed E-state index contributed by atoms with van der Waals surface area (Å²) in [6, 6.07) is 18.3. The number of halogens is 1. The third kappa shape index (κ3) is 4.55. The number of hydrogen-bond donors (Lipinski definition) is 1. The number of fused-ring (bicyclic) bond motifs is 1. The predicted octanol–water partition coefficient (Wildman–Crippen LogP) is 4.61. The van der Waals surface area contributed by atoms with Crippen molar-refractivity contribution in [3.8, 4) is 5.88 Å². The van der Waals surface area contributed by atoms with Gasteiger partial charge in [-0.2, -0.15) is 0 Å². The van der Waals surface area contributed by atoms with Crippen molar-refractivity contribution in [2.45, 2.75) is 16.9 Å². The molecule has 7 nitrogen and oxygen atoms in total. The number of aromatic nitrogens is 4. The molecule has 3 heterocycles. The van der Waals surface area contributed by atoms with Crippen LogP contribution in [0.2, 0.25) is 5.02 Å². The summed E-state index contributed by atoms with van der Waals surface area (Å²) in [6.45, 7) is 0. The van der Waals surface area contributed by atoms with E-state index in [4.69, 9.17) is 21.3 Å². The van der Waals surface area contributed by atoms with Crippen LogP contribution in [0.4, 0.5) is 0 Å². The molecular formula is C29H27ClN4O3S. The Hall–Kier alpha value is -3.72. The summed E-state index contributed by atoms with van der Waals surface area (Å²) >= 11 is 7.01. The van der Waals surface area contributed by atoms with Crippen LogP contribution in [0.5, 0.6) is 5.88 Å². The second-order valence-corrected chi connectivity index (χ2v) is 12.1. The molecule has 5 rings (SSSR count). The molecule has 0 aliphatic heterocycles. The molecule has 0 aliphatic carbocycles. The first-order valence-corrected chi connectivity index (χ1v) is 14.3. The second kappa shape index (κ2) is 9.87. The molecule has 9 heteroatoms. The van der Waals surface area contributed by atoms with Crippen molar-refractivity contribution in [3.63, 3.8) is 0 Å². The Balaban J connectivity index is 1.66. The van der Waals surface area contributed by atoms with Gasteiger partial charge in [-0.15, -0.1) is 0 Å². The van der Waals surface area contributed by atoms with Gasteiger partial charge in [0, 0.05) is 41.8 Å². The maximum atomic E-state index is 12.3. The van der Waals surface area contributed by atoms with E-state index in [1.54, 1.807) is 48.8 Å². The van der Waals surface area contributed by atoms with Crippen molar-refractivity contribution >= 4 is 37.9 Å². The molecule has 194 valence electrons. The van der Waals surface area contributed by atoms with Gasteiger partial charge in [-0.3, -0.25) is 9.19 Å². The maximum absolute atomic E-state index is 12.3. The van der Waals surface area contributed by atoms with Gasteiger partial charge >= 0.3 is 0 Å². The molecule has 0 saturated carbocycles. The summed E-state index contributed by atoms with van der Waals surface area (Å²) in [5.41, 5.74) is 2.30. The summed E-state index contributed by atoms with van der Waals surface area (Å²) < 4.78 is 19.7. The molecular weight excluding hydrogens is 520 g/mol. The van der Waals surface area contributed by atoms with E-state index in [0.29, 0.717) is 55.6 Å². The Morgan fingerprint density at radius 1 is 1.16 bits per heavy atom. The number of benzene rings is 2. The topological polar surface area (TPSA) is 90.1 Å². The molecule has 2 atom stereocenters. The standard InChI is InChI=1S/C29H27ClN4O3S/c1-34-18-31-17-26(34)29(35,25-7-5-6-14-32-25)20-10-13-24-22(16-20)27(30)23(28(33-24)37-2)15-19-8-11-21(12-9-19)38(3,4)36/h5-14,16-18,35H,3,15H2,1-2,4H3. The number of imidazole rings is 1. The van der Waals surface area contributed by atoms with Crippen LogP contribution in [0.1, 0.15) is 28.1 Å². The van der Waals surface area contributed by atoms with Gasteiger partial charge in [0.05, 0.1) is 41.6 Å². The van der Waals surface area contributed by atoms with Crippen molar-refractivity contribution in [1.29, 1.82) is 0 Å². The smallest absolute Gasteiger partial charge is 0.218 e. The maximum Gasteiger partial charge on any atom is 0.218 e. The molecule has 0 fully saturated rings. The van der Waals surface area contributed by atoms with E-state index in [2.05, 4.69) is 15.8 Å². The van der Waals surface area contributed by atoms with E-state index in [9.17, 15) is 9.32 Å². The number of hydrogen-bond acceptors (Lipinski definition) is 6. The molecule has 5 aromatic rings. The molecule has 0 saturated heterocycles. The number of nitrogens with zero attached hydrogens (tertiary/aromatic N) is 4. The van der Waals surface area contributed by atoms with Gasteiger partial charge in [0.1, 0.15) is 0 Å². The zero-order chi connectivity index (χ0) is 27.1. The minimum absolute atomic E-state index is 0.419. The monoisotopic (exact) mass is 546 g/mol. The molecule has 2 aromatic carbocycles. The van der Waals surface area contributed by atoms with Crippen LogP contribution in [-0.4, -0.2) is 48.1 Å². The average molecular weight is 547 g/mol. The first kappa shape index (κ1) is 25.9. The van der Waals surface area contributed by atoms with Crippen LogP contribution in [0.15, 0.2) is 84.3 Å². The van der Waals surface area contributed by atoms with Crippen LogP contribution in [0, 0.1) is 0 Å². The summed E-state index contributed by atoms with van der Waals surface area (Å²) in [5.74, 6) is 4.17. The number of ether oxygens (including phenoxy) is 1. The molecule has 0 spiro atoms. The highest BCUT2D eigenvalue weighted by Crippen LogP contribution is 2.40. The van der Waals surface area contributed by atoms with Gasteiger partial charge in [0.25, 0.3) is 0 Å². The van der Waals surface area contributed by atoms with Crippen LogP contribution in [0.25, 0.3) is 10.9 Å². The molecule has 3 aromatic heterocycles. The molecule has 2 unspecified atom stereocenters. The van der Waals surface area contributed by atoms with Gasteiger partial charge < -0.3 is 14.4 Å². The molecule has 0 bridgehead atoms. The van der Waals surface area contributed by atoms with E-state index in [-0.39, 0.29) is 0 Å². The van der Waals surface area contributed by atoms with Gasteiger partial charge in [-0.25, -0.2) is 9.97 Å². The van der Waals surface area contributed by atoms with Gasteiger partial charge in [-0.1, -0.05) is 35.9 Å². The summed E-state index contributed by atoms with van der Waals surface area (Å²) in [6.07, 6.45) is 6.97. The highest BCUT2D eigenvalue weighted by Gasteiger charge is 2.38. The van der Waals surface area contributed by atoms with Crippen LogP contribution in [-0.2, 0) is 28.6 Å². The Morgan fingerprint density at radius 3 is 2.53 bits per heavy atom. The minimum Gasteiger partial charge on any atom is -0.481 e. The summed E-state index contributed by atoms with van der Waals surface area (Å²) in [7, 11) is 1.08. The fourth-order valence-corrected chi connectivity index (χ4v) is 5.61. The molecule has 0 aliphatic rings. The lowest BCUT2D eigenvalue weighted by atomic mass is 9.86. The summed E-state index contributed by atoms with van der Waals surface area (Å²) in [4.78, 5) is 14.1. The normalized spacial score (nSPS) is 14.7. The third-order valence-electron chi connectivity index (χ3n) is 6.62. The van der Waals surface area contributed by atoms with E-state index in [1.807, 2.05) is 55.6 Å². The van der Waals surface area contributed by atoms with Crippen LogP contribution >= 0.6 is 11.6 Å². The van der Waals surface area contributed by atoms with E-state index >= 15 is 0 Å². The highest BCUT2D eigenvalue weighted by molar-refractivity contribution is 7.99. The predicted molar refractivity (Wildman–Crippen MR) is 152 cm³/mol. The first-order valence-electron chi connectivity index (χ1n) is 11.8. The molecule has 1 N–H and O–H groups in total. The SMILES string of the molecule is C=S(C)(=O)c1ccc(Cc2c(OC)nc3ccc(C(O)(c4ccccn4)c4cncn4C)cc3c2Cl)cc1.